The molecule has 0 bridgehead atoms. The van der Waals surface area contributed by atoms with Crippen LogP contribution in [-0.4, -0.2) is 36.2 Å². The summed E-state index contributed by atoms with van der Waals surface area (Å²) in [7, 11) is 1.84. The molecular weight excluding hydrogens is 244 g/mol. The molecule has 3 N–H and O–H groups in total. The number of nitrogens with zero attached hydrogens (tertiary/aromatic N) is 1. The molecule has 0 unspecified atom stereocenters. The minimum Gasteiger partial charge on any atom is -0.354 e. The second-order valence-corrected chi connectivity index (χ2v) is 4.79. The van der Waals surface area contributed by atoms with E-state index in [-0.39, 0.29) is 17.9 Å². The van der Waals surface area contributed by atoms with Crippen molar-refractivity contribution in [1.29, 1.82) is 0 Å². The van der Waals surface area contributed by atoms with E-state index in [9.17, 15) is 9.59 Å². The zero-order chi connectivity index (χ0) is 13.7. The quantitative estimate of drug-likeness (QED) is 0.627. The van der Waals surface area contributed by atoms with Gasteiger partial charge >= 0.3 is 0 Å². The summed E-state index contributed by atoms with van der Waals surface area (Å²) in [5.41, 5.74) is 2.42. The second-order valence-electron chi connectivity index (χ2n) is 4.79. The Balaban J connectivity index is 2.08. The molecule has 0 spiro atoms. The standard InChI is InChI=1S/C13H20N4O2/c1-14-6-7-15-12(18)8-11-9-4-2-3-5-10(9)13(19)17-16-11/h14H,2-8H2,1H3,(H,15,18)(H,17,19). The molecule has 6 nitrogen and oxygen atoms in total. The van der Waals surface area contributed by atoms with Crippen molar-refractivity contribution < 1.29 is 4.79 Å². The number of H-pyrrole nitrogens is 1. The molecule has 1 aliphatic carbocycles. The predicted molar refractivity (Wildman–Crippen MR) is 72.1 cm³/mol. The zero-order valence-corrected chi connectivity index (χ0v) is 11.2. The maximum Gasteiger partial charge on any atom is 0.267 e. The van der Waals surface area contributed by atoms with Crippen molar-refractivity contribution in [2.75, 3.05) is 20.1 Å². The van der Waals surface area contributed by atoms with Gasteiger partial charge in [-0.15, -0.1) is 0 Å². The van der Waals surface area contributed by atoms with Crippen LogP contribution in [-0.2, 0) is 24.1 Å². The van der Waals surface area contributed by atoms with Crippen LogP contribution in [0.2, 0.25) is 0 Å². The Labute approximate surface area is 112 Å². The highest BCUT2D eigenvalue weighted by atomic mass is 16.1. The van der Waals surface area contributed by atoms with Gasteiger partial charge in [0.2, 0.25) is 5.91 Å². The Morgan fingerprint density at radius 3 is 2.74 bits per heavy atom. The largest absolute Gasteiger partial charge is 0.354 e. The van der Waals surface area contributed by atoms with E-state index in [1.54, 1.807) is 0 Å². The average Bonchev–Trinajstić information content (AvgIpc) is 2.43. The molecule has 19 heavy (non-hydrogen) atoms. The highest BCUT2D eigenvalue weighted by Gasteiger charge is 2.19. The van der Waals surface area contributed by atoms with E-state index >= 15 is 0 Å². The average molecular weight is 264 g/mol. The van der Waals surface area contributed by atoms with Gasteiger partial charge in [-0.3, -0.25) is 9.59 Å². The van der Waals surface area contributed by atoms with Crippen LogP contribution < -0.4 is 16.2 Å². The van der Waals surface area contributed by atoms with Gasteiger partial charge in [-0.1, -0.05) is 0 Å². The fraction of sp³-hybridized carbons (Fsp3) is 0.615. The molecule has 104 valence electrons. The van der Waals surface area contributed by atoms with E-state index in [2.05, 4.69) is 20.8 Å². The van der Waals surface area contributed by atoms with Gasteiger partial charge in [-0.05, 0) is 38.3 Å². The van der Waals surface area contributed by atoms with E-state index in [4.69, 9.17) is 0 Å². The Kier molecular flexibility index (Phi) is 4.68. The number of rotatable bonds is 5. The Hall–Kier alpha value is -1.69. The topological polar surface area (TPSA) is 86.9 Å². The van der Waals surface area contributed by atoms with Gasteiger partial charge in [0.15, 0.2) is 0 Å². The molecule has 0 atom stereocenters. The first-order valence-corrected chi connectivity index (χ1v) is 6.73. The molecule has 1 amide bonds. The van der Waals surface area contributed by atoms with Crippen LogP contribution in [0.5, 0.6) is 0 Å². The number of amides is 1. The van der Waals surface area contributed by atoms with Gasteiger partial charge in [-0.25, -0.2) is 5.10 Å². The van der Waals surface area contributed by atoms with Crippen LogP contribution in [0.4, 0.5) is 0 Å². The number of aromatic nitrogens is 2. The second kappa shape index (κ2) is 6.47. The van der Waals surface area contributed by atoms with Crippen LogP contribution >= 0.6 is 0 Å². The van der Waals surface area contributed by atoms with Crippen molar-refractivity contribution >= 4 is 5.91 Å². The number of likely N-dealkylation sites (N-methyl/N-ethyl adjacent to an activating group) is 1. The van der Waals surface area contributed by atoms with Gasteiger partial charge in [-0.2, -0.15) is 5.10 Å². The number of hydrogen-bond acceptors (Lipinski definition) is 4. The monoisotopic (exact) mass is 264 g/mol. The van der Waals surface area contributed by atoms with Crippen molar-refractivity contribution in [2.45, 2.75) is 32.1 Å². The Morgan fingerprint density at radius 2 is 2.00 bits per heavy atom. The van der Waals surface area contributed by atoms with E-state index in [0.717, 1.165) is 49.0 Å². The third-order valence-corrected chi connectivity index (χ3v) is 3.41. The predicted octanol–water partition coefficient (Wildman–Crippen LogP) is -0.473. The van der Waals surface area contributed by atoms with Crippen molar-refractivity contribution in [2.24, 2.45) is 0 Å². The lowest BCUT2D eigenvalue weighted by Crippen LogP contribution is -2.33. The van der Waals surface area contributed by atoms with E-state index in [0.29, 0.717) is 6.54 Å². The van der Waals surface area contributed by atoms with E-state index < -0.39 is 0 Å². The molecule has 1 aliphatic rings. The highest BCUT2D eigenvalue weighted by molar-refractivity contribution is 5.78. The smallest absolute Gasteiger partial charge is 0.267 e. The zero-order valence-electron chi connectivity index (χ0n) is 11.2. The molecule has 0 aliphatic heterocycles. The van der Waals surface area contributed by atoms with Gasteiger partial charge < -0.3 is 10.6 Å². The maximum atomic E-state index is 11.8. The molecule has 0 saturated carbocycles. The maximum absolute atomic E-state index is 11.8. The van der Waals surface area contributed by atoms with Crippen molar-refractivity contribution in [1.82, 2.24) is 20.8 Å². The van der Waals surface area contributed by atoms with E-state index in [1.807, 2.05) is 7.05 Å². The third kappa shape index (κ3) is 3.41. The van der Waals surface area contributed by atoms with Crippen LogP contribution in [0.25, 0.3) is 0 Å². The normalized spacial score (nSPS) is 13.9. The van der Waals surface area contributed by atoms with Crippen molar-refractivity contribution in [3.05, 3.63) is 27.2 Å². The van der Waals surface area contributed by atoms with Crippen molar-refractivity contribution in [3.8, 4) is 0 Å². The lowest BCUT2D eigenvalue weighted by molar-refractivity contribution is -0.120. The molecule has 1 heterocycles. The summed E-state index contributed by atoms with van der Waals surface area (Å²) in [4.78, 5) is 23.5. The number of carbonyl (C=O) groups excluding carboxylic acids is 1. The molecule has 0 fully saturated rings. The SMILES string of the molecule is CNCCNC(=O)Cc1n[nH]c(=O)c2c1CCCC2. The summed E-state index contributed by atoms with van der Waals surface area (Å²) in [6, 6.07) is 0. The van der Waals surface area contributed by atoms with Gasteiger partial charge in [0.25, 0.3) is 5.56 Å². The van der Waals surface area contributed by atoms with Gasteiger partial charge in [0.1, 0.15) is 0 Å². The number of aromatic amines is 1. The fourth-order valence-electron chi connectivity index (χ4n) is 2.42. The minimum absolute atomic E-state index is 0.0532. The number of hydrogen-bond donors (Lipinski definition) is 3. The summed E-state index contributed by atoms with van der Waals surface area (Å²) >= 11 is 0. The summed E-state index contributed by atoms with van der Waals surface area (Å²) in [5.74, 6) is -0.0532. The molecule has 0 aromatic carbocycles. The van der Waals surface area contributed by atoms with E-state index in [1.165, 1.54) is 0 Å². The molecule has 6 heteroatoms. The van der Waals surface area contributed by atoms with Crippen molar-refractivity contribution in [3.63, 3.8) is 0 Å². The Bertz CT molecular complexity index is 510. The molecule has 0 radical (unpaired) electrons. The first-order chi connectivity index (χ1) is 9.22. The number of nitrogens with one attached hydrogen (secondary N) is 3. The first-order valence-electron chi connectivity index (χ1n) is 6.73. The molecular formula is C13H20N4O2. The lowest BCUT2D eigenvalue weighted by atomic mass is 9.91. The summed E-state index contributed by atoms with van der Waals surface area (Å²) in [6.45, 7) is 1.34. The molecule has 1 aromatic rings. The summed E-state index contributed by atoms with van der Waals surface area (Å²) < 4.78 is 0. The molecule has 1 aromatic heterocycles. The minimum atomic E-state index is -0.103. The summed E-state index contributed by atoms with van der Waals surface area (Å²) in [5, 5.41) is 12.3. The molecule has 0 saturated heterocycles. The molecule has 2 rings (SSSR count). The van der Waals surface area contributed by atoms with Crippen LogP contribution in [0.1, 0.15) is 29.7 Å². The lowest BCUT2D eigenvalue weighted by Gasteiger charge is -2.17. The first kappa shape index (κ1) is 13.7. The number of fused-ring (bicyclic) bond motifs is 1. The van der Waals surface area contributed by atoms with Crippen LogP contribution in [0, 0.1) is 0 Å². The van der Waals surface area contributed by atoms with Crippen LogP contribution in [0.15, 0.2) is 4.79 Å². The summed E-state index contributed by atoms with van der Waals surface area (Å²) in [6.07, 6.45) is 3.98. The van der Waals surface area contributed by atoms with Gasteiger partial charge in [0, 0.05) is 18.7 Å². The third-order valence-electron chi connectivity index (χ3n) is 3.41. The fourth-order valence-corrected chi connectivity index (χ4v) is 2.42. The van der Waals surface area contributed by atoms with Gasteiger partial charge in [0.05, 0.1) is 12.1 Å². The highest BCUT2D eigenvalue weighted by Crippen LogP contribution is 2.20. The Morgan fingerprint density at radius 1 is 1.26 bits per heavy atom. The van der Waals surface area contributed by atoms with Crippen LogP contribution in [0.3, 0.4) is 0 Å². The number of carbonyl (C=O) groups is 1.